The van der Waals surface area contributed by atoms with Gasteiger partial charge in [0.2, 0.25) is 0 Å². The fourth-order valence-corrected chi connectivity index (χ4v) is 6.48. The number of nitrogens with one attached hydrogen (secondary N) is 2. The van der Waals surface area contributed by atoms with Gasteiger partial charge in [-0.3, -0.25) is 4.90 Å². The highest BCUT2D eigenvalue weighted by molar-refractivity contribution is 5.98. The van der Waals surface area contributed by atoms with Crippen molar-refractivity contribution in [2.24, 2.45) is 0 Å². The van der Waals surface area contributed by atoms with Crippen LogP contribution in [0.1, 0.15) is 37.4 Å². The number of hydrogen-bond donors (Lipinski definition) is 3. The molecule has 4 heterocycles. The standard InChI is InChI=1S/C31H37N9/c1-38-14-16-39(17-15-38)25-10-12-26(13-11-25)40-31-28(30(32)34-20-35-31)29(37-40)21-6-8-23(9-7-21)33-19-24-18-22-4-2-3-5-27(22)36-24/h2-9,18,20,25-26,33,36H,10-17,19H2,1H3,(H2,32,34,35)/t25-,26+. The summed E-state index contributed by atoms with van der Waals surface area (Å²) in [5, 5.41) is 10.7. The van der Waals surface area contributed by atoms with Crippen LogP contribution in [-0.2, 0) is 6.54 Å². The lowest BCUT2D eigenvalue weighted by Crippen LogP contribution is -2.49. The molecule has 40 heavy (non-hydrogen) atoms. The number of nitrogens with two attached hydrogens (primary N) is 1. The van der Waals surface area contributed by atoms with Crippen molar-refractivity contribution >= 4 is 33.4 Å². The van der Waals surface area contributed by atoms with Gasteiger partial charge in [-0.25, -0.2) is 14.6 Å². The highest BCUT2D eigenvalue weighted by Gasteiger charge is 2.30. The third-order valence-electron chi connectivity index (χ3n) is 8.81. The third kappa shape index (κ3) is 4.80. The van der Waals surface area contributed by atoms with E-state index in [1.807, 2.05) is 0 Å². The summed E-state index contributed by atoms with van der Waals surface area (Å²) in [6.07, 6.45) is 6.17. The molecule has 0 bridgehead atoms. The predicted octanol–water partition coefficient (Wildman–Crippen LogP) is 4.90. The van der Waals surface area contributed by atoms with Gasteiger partial charge in [-0.05, 0) is 62.4 Å². The molecule has 1 saturated heterocycles. The average molecular weight is 536 g/mol. The molecule has 0 spiro atoms. The summed E-state index contributed by atoms with van der Waals surface area (Å²) >= 11 is 0. The Bertz CT molecular complexity index is 1570. The summed E-state index contributed by atoms with van der Waals surface area (Å²) in [5.74, 6) is 0.485. The molecular weight excluding hydrogens is 498 g/mol. The maximum atomic E-state index is 6.41. The molecule has 5 aromatic rings. The molecule has 9 heteroatoms. The summed E-state index contributed by atoms with van der Waals surface area (Å²) in [7, 11) is 2.22. The topological polar surface area (TPSA) is 104 Å². The maximum Gasteiger partial charge on any atom is 0.164 e. The predicted molar refractivity (Wildman–Crippen MR) is 161 cm³/mol. The summed E-state index contributed by atoms with van der Waals surface area (Å²) in [6, 6.07) is 20.0. The Hall–Kier alpha value is -3.95. The molecule has 4 N–H and O–H groups in total. The van der Waals surface area contributed by atoms with Gasteiger partial charge in [-0.2, -0.15) is 5.10 Å². The zero-order chi connectivity index (χ0) is 27.1. The Morgan fingerprint density at radius 1 is 0.925 bits per heavy atom. The molecule has 206 valence electrons. The lowest BCUT2D eigenvalue weighted by Gasteiger charge is -2.41. The molecule has 9 nitrogen and oxygen atoms in total. The van der Waals surface area contributed by atoms with Crippen LogP contribution in [0.2, 0.25) is 0 Å². The van der Waals surface area contributed by atoms with Crippen molar-refractivity contribution in [3.05, 3.63) is 66.6 Å². The Morgan fingerprint density at radius 2 is 1.68 bits per heavy atom. The number of nitrogens with zero attached hydrogens (tertiary/aromatic N) is 6. The Balaban J connectivity index is 1.08. The first-order valence-electron chi connectivity index (χ1n) is 14.4. The van der Waals surface area contributed by atoms with Gasteiger partial charge in [0.25, 0.3) is 0 Å². The third-order valence-corrected chi connectivity index (χ3v) is 8.81. The second kappa shape index (κ2) is 10.6. The van der Waals surface area contributed by atoms with Crippen molar-refractivity contribution in [2.45, 2.75) is 44.3 Å². The van der Waals surface area contributed by atoms with Crippen LogP contribution in [0.3, 0.4) is 0 Å². The van der Waals surface area contributed by atoms with E-state index in [2.05, 4.69) is 96.4 Å². The SMILES string of the molecule is CN1CCN([C@H]2CC[C@@H](n3nc(-c4ccc(NCc5cc6ccccc6[nH]5)cc4)c4c(N)ncnc43)CC2)CC1. The van der Waals surface area contributed by atoms with Crippen molar-refractivity contribution in [1.82, 2.24) is 34.5 Å². The first-order valence-corrected chi connectivity index (χ1v) is 14.4. The van der Waals surface area contributed by atoms with E-state index in [4.69, 9.17) is 10.8 Å². The smallest absolute Gasteiger partial charge is 0.164 e. The largest absolute Gasteiger partial charge is 0.383 e. The van der Waals surface area contributed by atoms with Gasteiger partial charge in [0.15, 0.2) is 5.65 Å². The van der Waals surface area contributed by atoms with Crippen molar-refractivity contribution < 1.29 is 0 Å². The quantitative estimate of drug-likeness (QED) is 0.284. The van der Waals surface area contributed by atoms with Crippen LogP contribution in [0.15, 0.2) is 60.9 Å². The minimum absolute atomic E-state index is 0.325. The first-order chi connectivity index (χ1) is 19.6. The number of fused-ring (bicyclic) bond motifs is 2. The number of anilines is 2. The van der Waals surface area contributed by atoms with Crippen LogP contribution in [0, 0.1) is 0 Å². The van der Waals surface area contributed by atoms with Crippen molar-refractivity contribution in [3.63, 3.8) is 0 Å². The summed E-state index contributed by atoms with van der Waals surface area (Å²) in [5.41, 5.74) is 12.5. The zero-order valence-corrected chi connectivity index (χ0v) is 23.1. The molecule has 1 saturated carbocycles. The number of benzene rings is 2. The molecule has 0 atom stereocenters. The van der Waals surface area contributed by atoms with E-state index >= 15 is 0 Å². The highest BCUT2D eigenvalue weighted by Crippen LogP contribution is 2.37. The van der Waals surface area contributed by atoms with Crippen molar-refractivity contribution in [3.8, 4) is 11.3 Å². The van der Waals surface area contributed by atoms with Crippen LogP contribution < -0.4 is 11.1 Å². The van der Waals surface area contributed by atoms with E-state index in [0.29, 0.717) is 17.9 Å². The summed E-state index contributed by atoms with van der Waals surface area (Å²) in [6.45, 7) is 5.42. The van der Waals surface area contributed by atoms with Gasteiger partial charge in [0.05, 0.1) is 18.0 Å². The zero-order valence-electron chi connectivity index (χ0n) is 23.1. The van der Waals surface area contributed by atoms with E-state index < -0.39 is 0 Å². The van der Waals surface area contributed by atoms with E-state index in [-0.39, 0.29) is 0 Å². The molecule has 2 fully saturated rings. The van der Waals surface area contributed by atoms with Gasteiger partial charge < -0.3 is 20.9 Å². The number of aromatic nitrogens is 5. The van der Waals surface area contributed by atoms with Gasteiger partial charge in [0.1, 0.15) is 17.8 Å². The summed E-state index contributed by atoms with van der Waals surface area (Å²) in [4.78, 5) is 17.6. The lowest BCUT2D eigenvalue weighted by molar-refractivity contribution is 0.0815. The van der Waals surface area contributed by atoms with E-state index in [0.717, 1.165) is 58.6 Å². The van der Waals surface area contributed by atoms with Crippen LogP contribution in [0.5, 0.6) is 0 Å². The highest BCUT2D eigenvalue weighted by atomic mass is 15.3. The number of aromatic amines is 1. The van der Waals surface area contributed by atoms with Gasteiger partial charge in [-0.15, -0.1) is 0 Å². The van der Waals surface area contributed by atoms with Crippen LogP contribution in [-0.4, -0.2) is 73.8 Å². The normalized spacial score (nSPS) is 20.8. The van der Waals surface area contributed by atoms with Crippen molar-refractivity contribution in [1.29, 1.82) is 0 Å². The van der Waals surface area contributed by atoms with Crippen LogP contribution in [0.25, 0.3) is 33.2 Å². The van der Waals surface area contributed by atoms with Crippen LogP contribution in [0.4, 0.5) is 11.5 Å². The Morgan fingerprint density at radius 3 is 2.45 bits per heavy atom. The number of likely N-dealkylation sites (N-methyl/N-ethyl adjacent to an activating group) is 1. The Kier molecular flexibility index (Phi) is 6.61. The molecule has 2 aliphatic rings. The average Bonchev–Trinajstić information content (AvgIpc) is 3.59. The number of H-pyrrole nitrogens is 1. The lowest BCUT2D eigenvalue weighted by atomic mass is 9.90. The minimum atomic E-state index is 0.325. The van der Waals surface area contributed by atoms with Gasteiger partial charge in [0, 0.05) is 54.7 Å². The molecule has 0 amide bonds. The number of para-hydroxylation sites is 1. The number of piperazine rings is 1. The van der Waals surface area contributed by atoms with E-state index in [9.17, 15) is 0 Å². The molecule has 1 aliphatic heterocycles. The fraction of sp³-hybridized carbons (Fsp3) is 0.387. The molecule has 2 aromatic carbocycles. The van der Waals surface area contributed by atoms with Gasteiger partial charge >= 0.3 is 0 Å². The molecule has 1 aliphatic carbocycles. The number of rotatable bonds is 6. The minimum Gasteiger partial charge on any atom is -0.383 e. The maximum absolute atomic E-state index is 6.41. The molecule has 0 radical (unpaired) electrons. The van der Waals surface area contributed by atoms with Crippen molar-refractivity contribution in [2.75, 3.05) is 44.3 Å². The molecule has 3 aromatic heterocycles. The fourth-order valence-electron chi connectivity index (χ4n) is 6.48. The molecule has 7 rings (SSSR count). The van der Waals surface area contributed by atoms with Gasteiger partial charge in [-0.1, -0.05) is 30.3 Å². The second-order valence-corrected chi connectivity index (χ2v) is 11.4. The number of nitrogen functional groups attached to an aromatic ring is 1. The monoisotopic (exact) mass is 535 g/mol. The Labute approximate surface area is 234 Å². The molecular formula is C31H37N9. The summed E-state index contributed by atoms with van der Waals surface area (Å²) < 4.78 is 2.13. The van der Waals surface area contributed by atoms with Crippen LogP contribution >= 0.6 is 0 Å². The van der Waals surface area contributed by atoms with E-state index in [1.165, 1.54) is 44.4 Å². The number of hydrogen-bond acceptors (Lipinski definition) is 7. The molecule has 0 unspecified atom stereocenters. The second-order valence-electron chi connectivity index (χ2n) is 11.4. The van der Waals surface area contributed by atoms with E-state index in [1.54, 1.807) is 6.33 Å². The first kappa shape index (κ1) is 25.0.